The minimum absolute atomic E-state index is 0.0550. The summed E-state index contributed by atoms with van der Waals surface area (Å²) in [6.07, 6.45) is 0. The van der Waals surface area contributed by atoms with Gasteiger partial charge < -0.3 is 5.32 Å². The molecule has 19 heavy (non-hydrogen) atoms. The van der Waals surface area contributed by atoms with Crippen molar-refractivity contribution in [2.75, 3.05) is 0 Å². The van der Waals surface area contributed by atoms with Crippen LogP contribution in [0.2, 0.25) is 0 Å². The second kappa shape index (κ2) is 4.68. The van der Waals surface area contributed by atoms with E-state index in [1.165, 1.54) is 0 Å². The highest BCUT2D eigenvalue weighted by molar-refractivity contribution is 6.09. The van der Waals surface area contributed by atoms with Crippen LogP contribution in [0.15, 0.2) is 23.2 Å². The molecule has 1 aromatic carbocycles. The summed E-state index contributed by atoms with van der Waals surface area (Å²) in [5.41, 5.74) is 2.50. The first-order valence-electron chi connectivity index (χ1n) is 6.58. The Morgan fingerprint density at radius 3 is 2.58 bits per heavy atom. The Balaban J connectivity index is 2.43. The minimum atomic E-state index is -0.746. The average Bonchev–Trinajstić information content (AvgIpc) is 2.57. The second-order valence-corrected chi connectivity index (χ2v) is 5.59. The first kappa shape index (κ1) is 13.6. The molecule has 1 unspecified atom stereocenters. The van der Waals surface area contributed by atoms with E-state index in [2.05, 4.69) is 27.8 Å². The number of guanidine groups is 1. The van der Waals surface area contributed by atoms with Gasteiger partial charge in [0.2, 0.25) is 0 Å². The van der Waals surface area contributed by atoms with Gasteiger partial charge in [-0.1, -0.05) is 23.8 Å². The lowest BCUT2D eigenvalue weighted by Crippen LogP contribution is -2.41. The molecule has 4 nitrogen and oxygen atoms in total. The number of hydrogen-bond donors (Lipinski definition) is 2. The number of benzene rings is 1. The number of aryl methyl sites for hydroxylation is 2. The van der Waals surface area contributed by atoms with E-state index < -0.39 is 5.54 Å². The molecule has 2 rings (SSSR count). The van der Waals surface area contributed by atoms with Gasteiger partial charge in [0.25, 0.3) is 5.91 Å². The SMILES string of the molecule is Cc1ccc(C)c(C2(C)NC(=NC(C)C)NC2=O)c1. The molecule has 1 aliphatic heterocycles. The van der Waals surface area contributed by atoms with Gasteiger partial charge >= 0.3 is 0 Å². The zero-order chi connectivity index (χ0) is 14.2. The van der Waals surface area contributed by atoms with Gasteiger partial charge in [0, 0.05) is 6.04 Å². The van der Waals surface area contributed by atoms with Crippen LogP contribution in [0.5, 0.6) is 0 Å². The Morgan fingerprint density at radius 2 is 1.95 bits per heavy atom. The molecule has 4 heteroatoms. The Morgan fingerprint density at radius 1 is 1.26 bits per heavy atom. The van der Waals surface area contributed by atoms with Crippen LogP contribution in [0.3, 0.4) is 0 Å². The number of hydrogen-bond acceptors (Lipinski definition) is 2. The Bertz CT molecular complexity index is 548. The highest BCUT2D eigenvalue weighted by Crippen LogP contribution is 2.28. The quantitative estimate of drug-likeness (QED) is 0.853. The molecule has 2 N–H and O–H groups in total. The van der Waals surface area contributed by atoms with E-state index in [0.29, 0.717) is 5.96 Å². The monoisotopic (exact) mass is 259 g/mol. The fraction of sp³-hybridized carbons (Fsp3) is 0.467. The predicted molar refractivity (Wildman–Crippen MR) is 77.1 cm³/mol. The summed E-state index contributed by atoms with van der Waals surface area (Å²) in [6, 6.07) is 6.30. The summed E-state index contributed by atoms with van der Waals surface area (Å²) in [5, 5.41) is 6.04. The summed E-state index contributed by atoms with van der Waals surface area (Å²) in [5.74, 6) is 0.504. The molecule has 1 aromatic rings. The molecule has 0 spiro atoms. The first-order chi connectivity index (χ1) is 8.83. The number of rotatable bonds is 2. The summed E-state index contributed by atoms with van der Waals surface area (Å²) in [6.45, 7) is 9.91. The highest BCUT2D eigenvalue weighted by Gasteiger charge is 2.43. The summed E-state index contributed by atoms with van der Waals surface area (Å²) < 4.78 is 0. The van der Waals surface area contributed by atoms with Crippen molar-refractivity contribution in [3.05, 3.63) is 34.9 Å². The molecule has 0 bridgehead atoms. The number of nitrogens with one attached hydrogen (secondary N) is 2. The van der Waals surface area contributed by atoms with Gasteiger partial charge in [-0.25, -0.2) is 0 Å². The molecule has 0 radical (unpaired) electrons. The van der Waals surface area contributed by atoms with Crippen molar-refractivity contribution in [3.8, 4) is 0 Å². The molecule has 102 valence electrons. The zero-order valence-electron chi connectivity index (χ0n) is 12.2. The first-order valence-corrected chi connectivity index (χ1v) is 6.58. The van der Waals surface area contributed by atoms with E-state index in [9.17, 15) is 4.79 Å². The van der Waals surface area contributed by atoms with E-state index in [1.807, 2.05) is 40.7 Å². The van der Waals surface area contributed by atoms with E-state index in [-0.39, 0.29) is 11.9 Å². The third-order valence-electron chi connectivity index (χ3n) is 3.37. The zero-order valence-corrected chi connectivity index (χ0v) is 12.2. The topological polar surface area (TPSA) is 53.5 Å². The van der Waals surface area contributed by atoms with Gasteiger partial charge in [-0.05, 0) is 45.7 Å². The van der Waals surface area contributed by atoms with E-state index in [0.717, 1.165) is 16.7 Å². The van der Waals surface area contributed by atoms with Crippen LogP contribution in [0.1, 0.15) is 37.5 Å². The van der Waals surface area contributed by atoms with Crippen molar-refractivity contribution in [1.82, 2.24) is 10.6 Å². The van der Waals surface area contributed by atoms with Crippen molar-refractivity contribution < 1.29 is 4.79 Å². The smallest absolute Gasteiger partial charge is 0.256 e. The van der Waals surface area contributed by atoms with Crippen LogP contribution in [-0.4, -0.2) is 17.9 Å². The molecule has 1 atom stereocenters. The van der Waals surface area contributed by atoms with Crippen LogP contribution in [0, 0.1) is 13.8 Å². The number of aliphatic imine (C=N–C) groups is 1. The molecule has 1 saturated heterocycles. The van der Waals surface area contributed by atoms with Crippen molar-refractivity contribution in [2.24, 2.45) is 4.99 Å². The normalized spacial score (nSPS) is 24.7. The maximum Gasteiger partial charge on any atom is 0.256 e. The molecule has 0 aliphatic carbocycles. The number of carbonyl (C=O) groups is 1. The average molecular weight is 259 g/mol. The highest BCUT2D eigenvalue weighted by atomic mass is 16.2. The molecular formula is C15H21N3O. The fourth-order valence-corrected chi connectivity index (χ4v) is 2.34. The lowest BCUT2D eigenvalue weighted by Gasteiger charge is -2.24. The Hall–Kier alpha value is -1.84. The van der Waals surface area contributed by atoms with E-state index in [4.69, 9.17) is 0 Å². The lowest BCUT2D eigenvalue weighted by molar-refractivity contribution is -0.123. The predicted octanol–water partition coefficient (Wildman–Crippen LogP) is 2.00. The van der Waals surface area contributed by atoms with Gasteiger partial charge in [-0.3, -0.25) is 15.1 Å². The summed E-state index contributed by atoms with van der Waals surface area (Å²) in [7, 11) is 0. The van der Waals surface area contributed by atoms with Crippen LogP contribution in [0.25, 0.3) is 0 Å². The van der Waals surface area contributed by atoms with Crippen LogP contribution in [0.4, 0.5) is 0 Å². The maximum atomic E-state index is 12.3. The third kappa shape index (κ3) is 2.48. The van der Waals surface area contributed by atoms with E-state index >= 15 is 0 Å². The standard InChI is InChI=1S/C15H21N3O/c1-9(2)16-14-17-13(19)15(5,18-14)12-8-10(3)6-7-11(12)4/h6-9H,1-5H3,(H2,16,17,18,19). The van der Waals surface area contributed by atoms with E-state index in [1.54, 1.807) is 0 Å². The number of amides is 1. The van der Waals surface area contributed by atoms with Crippen molar-refractivity contribution >= 4 is 11.9 Å². The van der Waals surface area contributed by atoms with Gasteiger partial charge in [-0.15, -0.1) is 0 Å². The molecule has 1 fully saturated rings. The third-order valence-corrected chi connectivity index (χ3v) is 3.37. The van der Waals surface area contributed by atoms with Crippen molar-refractivity contribution in [1.29, 1.82) is 0 Å². The largest absolute Gasteiger partial charge is 0.338 e. The Kier molecular flexibility index (Phi) is 3.35. The summed E-state index contributed by atoms with van der Waals surface area (Å²) >= 11 is 0. The second-order valence-electron chi connectivity index (χ2n) is 5.59. The number of nitrogens with zero attached hydrogens (tertiary/aromatic N) is 1. The van der Waals surface area contributed by atoms with Crippen molar-refractivity contribution in [3.63, 3.8) is 0 Å². The molecule has 1 aliphatic rings. The van der Waals surface area contributed by atoms with Crippen LogP contribution in [-0.2, 0) is 10.3 Å². The van der Waals surface area contributed by atoms with Crippen LogP contribution < -0.4 is 10.6 Å². The van der Waals surface area contributed by atoms with Gasteiger partial charge in [0.15, 0.2) is 5.96 Å². The van der Waals surface area contributed by atoms with Crippen LogP contribution >= 0.6 is 0 Å². The van der Waals surface area contributed by atoms with Gasteiger partial charge in [0.05, 0.1) is 0 Å². The molecule has 1 heterocycles. The van der Waals surface area contributed by atoms with Gasteiger partial charge in [-0.2, -0.15) is 0 Å². The Labute approximate surface area is 114 Å². The lowest BCUT2D eigenvalue weighted by atomic mass is 9.87. The number of carbonyl (C=O) groups excluding carboxylic acids is 1. The molecular weight excluding hydrogens is 238 g/mol. The summed E-state index contributed by atoms with van der Waals surface area (Å²) in [4.78, 5) is 16.7. The fourth-order valence-electron chi connectivity index (χ4n) is 2.34. The minimum Gasteiger partial charge on any atom is -0.338 e. The maximum absolute atomic E-state index is 12.3. The molecule has 1 amide bonds. The molecule has 0 saturated carbocycles. The van der Waals surface area contributed by atoms with Gasteiger partial charge in [0.1, 0.15) is 5.54 Å². The van der Waals surface area contributed by atoms with Crippen molar-refractivity contribution in [2.45, 2.75) is 46.2 Å². The molecule has 0 aromatic heterocycles.